The van der Waals surface area contributed by atoms with Gasteiger partial charge in [-0.15, -0.1) is 0 Å². The van der Waals surface area contributed by atoms with Crippen molar-refractivity contribution in [2.75, 3.05) is 47.0 Å². The van der Waals surface area contributed by atoms with E-state index in [1.807, 2.05) is 0 Å². The Labute approximate surface area is 180 Å². The normalized spacial score (nSPS) is 14.3. The molecule has 0 saturated carbocycles. The Balaban J connectivity index is 1.45. The molecule has 6 heteroatoms. The standard InChI is InChI=1S/C24H34N4O2/c1-19-8-9-21(23(16-19)30-15-14-29-3)17-27-24(25-2)26-11-13-28-12-10-20-6-4-5-7-22(20)18-28/h4-9,16H,10-15,17-18H2,1-3H3,(H2,25,26,27). The van der Waals surface area contributed by atoms with Gasteiger partial charge in [-0.05, 0) is 36.1 Å². The monoisotopic (exact) mass is 410 g/mol. The van der Waals surface area contributed by atoms with E-state index in [2.05, 4.69) is 69.9 Å². The van der Waals surface area contributed by atoms with Crippen LogP contribution >= 0.6 is 0 Å². The van der Waals surface area contributed by atoms with E-state index >= 15 is 0 Å². The zero-order valence-corrected chi connectivity index (χ0v) is 18.4. The smallest absolute Gasteiger partial charge is 0.191 e. The fraction of sp³-hybridized carbons (Fsp3) is 0.458. The van der Waals surface area contributed by atoms with E-state index in [0.717, 1.165) is 49.9 Å². The van der Waals surface area contributed by atoms with Crippen molar-refractivity contribution in [3.8, 4) is 5.75 Å². The van der Waals surface area contributed by atoms with Crippen LogP contribution in [0.4, 0.5) is 0 Å². The lowest BCUT2D eigenvalue weighted by atomic mass is 10.00. The van der Waals surface area contributed by atoms with Crippen LogP contribution in [0.2, 0.25) is 0 Å². The molecule has 0 unspecified atom stereocenters. The Morgan fingerprint density at radius 1 is 1.10 bits per heavy atom. The van der Waals surface area contributed by atoms with Crippen molar-refractivity contribution in [1.82, 2.24) is 15.5 Å². The Morgan fingerprint density at radius 3 is 2.73 bits per heavy atom. The summed E-state index contributed by atoms with van der Waals surface area (Å²) >= 11 is 0. The predicted molar refractivity (Wildman–Crippen MR) is 122 cm³/mol. The summed E-state index contributed by atoms with van der Waals surface area (Å²) in [7, 11) is 3.48. The molecular formula is C24H34N4O2. The number of ether oxygens (including phenoxy) is 2. The highest BCUT2D eigenvalue weighted by Gasteiger charge is 2.15. The first-order chi connectivity index (χ1) is 14.7. The molecule has 1 aliphatic rings. The van der Waals surface area contributed by atoms with Gasteiger partial charge >= 0.3 is 0 Å². The van der Waals surface area contributed by atoms with Crippen molar-refractivity contribution in [1.29, 1.82) is 0 Å². The van der Waals surface area contributed by atoms with E-state index in [0.29, 0.717) is 19.8 Å². The van der Waals surface area contributed by atoms with Gasteiger partial charge in [-0.2, -0.15) is 0 Å². The highest BCUT2D eigenvalue weighted by molar-refractivity contribution is 5.79. The quantitative estimate of drug-likeness (QED) is 0.378. The second-order valence-corrected chi connectivity index (χ2v) is 7.60. The van der Waals surface area contributed by atoms with Crippen LogP contribution in [0, 0.1) is 6.92 Å². The lowest BCUT2D eigenvalue weighted by Crippen LogP contribution is -2.42. The van der Waals surface area contributed by atoms with Crippen LogP contribution in [0.15, 0.2) is 47.5 Å². The number of methoxy groups -OCH3 is 1. The summed E-state index contributed by atoms with van der Waals surface area (Å²) in [6.45, 7) is 7.81. The summed E-state index contributed by atoms with van der Waals surface area (Å²) in [5.74, 6) is 1.69. The third-order valence-corrected chi connectivity index (χ3v) is 5.37. The maximum Gasteiger partial charge on any atom is 0.191 e. The van der Waals surface area contributed by atoms with Gasteiger partial charge in [0.1, 0.15) is 12.4 Å². The minimum Gasteiger partial charge on any atom is -0.491 e. The number of nitrogens with zero attached hydrogens (tertiary/aromatic N) is 2. The number of aliphatic imine (C=N–C) groups is 1. The van der Waals surface area contributed by atoms with Crippen LogP contribution in [0.25, 0.3) is 0 Å². The van der Waals surface area contributed by atoms with Crippen molar-refractivity contribution in [3.05, 3.63) is 64.7 Å². The number of rotatable bonds is 9. The molecule has 2 aromatic rings. The number of nitrogens with one attached hydrogen (secondary N) is 2. The van der Waals surface area contributed by atoms with Crippen molar-refractivity contribution in [2.45, 2.75) is 26.4 Å². The number of guanidine groups is 1. The maximum absolute atomic E-state index is 5.88. The summed E-state index contributed by atoms with van der Waals surface area (Å²) in [6, 6.07) is 15.0. The van der Waals surface area contributed by atoms with E-state index in [9.17, 15) is 0 Å². The second-order valence-electron chi connectivity index (χ2n) is 7.60. The van der Waals surface area contributed by atoms with Gasteiger partial charge in [-0.1, -0.05) is 36.4 Å². The average Bonchev–Trinajstić information content (AvgIpc) is 2.77. The number of benzene rings is 2. The van der Waals surface area contributed by atoms with Gasteiger partial charge in [0.05, 0.1) is 6.61 Å². The first-order valence-electron chi connectivity index (χ1n) is 10.6. The third kappa shape index (κ3) is 6.47. The van der Waals surface area contributed by atoms with Gasteiger partial charge < -0.3 is 20.1 Å². The van der Waals surface area contributed by atoms with E-state index in [1.165, 1.54) is 16.7 Å². The molecule has 0 saturated heterocycles. The molecule has 1 aliphatic heterocycles. The number of hydrogen-bond donors (Lipinski definition) is 2. The summed E-state index contributed by atoms with van der Waals surface area (Å²) < 4.78 is 11.0. The van der Waals surface area contributed by atoms with Crippen LogP contribution in [-0.2, 0) is 24.2 Å². The molecule has 3 rings (SSSR count). The van der Waals surface area contributed by atoms with Crippen LogP contribution in [0.5, 0.6) is 5.75 Å². The second kappa shape index (κ2) is 11.6. The van der Waals surface area contributed by atoms with E-state index in [4.69, 9.17) is 9.47 Å². The predicted octanol–water partition coefficient (Wildman–Crippen LogP) is 2.74. The maximum atomic E-state index is 5.88. The molecule has 162 valence electrons. The molecule has 0 aromatic heterocycles. The van der Waals surface area contributed by atoms with Crippen LogP contribution in [-0.4, -0.2) is 57.9 Å². The fourth-order valence-electron chi connectivity index (χ4n) is 3.65. The molecule has 0 amide bonds. The number of fused-ring (bicyclic) bond motifs is 1. The average molecular weight is 411 g/mol. The molecule has 30 heavy (non-hydrogen) atoms. The van der Waals surface area contributed by atoms with Crippen molar-refractivity contribution < 1.29 is 9.47 Å². The molecule has 0 atom stereocenters. The van der Waals surface area contributed by atoms with Crippen LogP contribution in [0.1, 0.15) is 22.3 Å². The Morgan fingerprint density at radius 2 is 1.93 bits per heavy atom. The highest BCUT2D eigenvalue weighted by atomic mass is 16.5. The molecule has 2 N–H and O–H groups in total. The first kappa shape index (κ1) is 22.1. The zero-order chi connectivity index (χ0) is 21.2. The highest BCUT2D eigenvalue weighted by Crippen LogP contribution is 2.20. The van der Waals surface area contributed by atoms with Gasteiger partial charge in [0.2, 0.25) is 0 Å². The fourth-order valence-corrected chi connectivity index (χ4v) is 3.65. The van der Waals surface area contributed by atoms with Gasteiger partial charge in [-0.3, -0.25) is 9.89 Å². The summed E-state index contributed by atoms with van der Waals surface area (Å²) in [4.78, 5) is 6.85. The van der Waals surface area contributed by atoms with E-state index in [1.54, 1.807) is 14.2 Å². The van der Waals surface area contributed by atoms with Gasteiger partial charge in [0.15, 0.2) is 5.96 Å². The molecule has 0 bridgehead atoms. The van der Waals surface area contributed by atoms with Crippen molar-refractivity contribution in [2.24, 2.45) is 4.99 Å². The molecule has 0 spiro atoms. The Kier molecular flexibility index (Phi) is 8.53. The van der Waals surface area contributed by atoms with Gasteiger partial charge in [-0.25, -0.2) is 0 Å². The summed E-state index contributed by atoms with van der Waals surface area (Å²) in [5.41, 5.74) is 5.22. The van der Waals surface area contributed by atoms with Crippen LogP contribution < -0.4 is 15.4 Å². The van der Waals surface area contributed by atoms with E-state index < -0.39 is 0 Å². The van der Waals surface area contributed by atoms with Gasteiger partial charge in [0, 0.05) is 52.4 Å². The SMILES string of the molecule is CN=C(NCCN1CCc2ccccc2C1)NCc1ccc(C)cc1OCCOC. The number of aryl methyl sites for hydroxylation is 1. The molecule has 1 heterocycles. The van der Waals surface area contributed by atoms with Crippen molar-refractivity contribution >= 4 is 5.96 Å². The zero-order valence-electron chi connectivity index (χ0n) is 18.4. The molecular weight excluding hydrogens is 376 g/mol. The topological polar surface area (TPSA) is 58.1 Å². The van der Waals surface area contributed by atoms with Crippen LogP contribution in [0.3, 0.4) is 0 Å². The molecule has 0 aliphatic carbocycles. The van der Waals surface area contributed by atoms with Crippen molar-refractivity contribution in [3.63, 3.8) is 0 Å². The Hall–Kier alpha value is -2.57. The molecule has 2 aromatic carbocycles. The molecule has 6 nitrogen and oxygen atoms in total. The lowest BCUT2D eigenvalue weighted by molar-refractivity contribution is 0.145. The lowest BCUT2D eigenvalue weighted by Gasteiger charge is -2.28. The Bertz CT molecular complexity index is 838. The summed E-state index contributed by atoms with van der Waals surface area (Å²) in [6.07, 6.45) is 1.13. The van der Waals surface area contributed by atoms with Gasteiger partial charge in [0.25, 0.3) is 0 Å². The third-order valence-electron chi connectivity index (χ3n) is 5.37. The molecule has 0 fully saturated rings. The summed E-state index contributed by atoms with van der Waals surface area (Å²) in [5, 5.41) is 6.83. The van der Waals surface area contributed by atoms with E-state index in [-0.39, 0.29) is 0 Å². The minimum absolute atomic E-state index is 0.541. The first-order valence-corrected chi connectivity index (χ1v) is 10.6. The molecule has 0 radical (unpaired) electrons. The number of hydrogen-bond acceptors (Lipinski definition) is 4. The largest absolute Gasteiger partial charge is 0.491 e. The minimum atomic E-state index is 0.541.